The fourth-order valence-electron chi connectivity index (χ4n) is 3.19. The van der Waals surface area contributed by atoms with Crippen LogP contribution in [-0.4, -0.2) is 30.7 Å². The molecule has 0 aliphatic heterocycles. The molecule has 152 valence electrons. The topological polar surface area (TPSA) is 98.0 Å². The normalized spacial score (nSPS) is 11.9. The van der Waals surface area contributed by atoms with Crippen molar-refractivity contribution >= 4 is 39.5 Å². The van der Waals surface area contributed by atoms with Crippen molar-refractivity contribution in [3.05, 3.63) is 72.3 Å². The zero-order chi connectivity index (χ0) is 21.1. The van der Waals surface area contributed by atoms with E-state index in [1.165, 1.54) is 7.11 Å². The van der Waals surface area contributed by atoms with Crippen LogP contribution in [0.15, 0.2) is 71.1 Å². The molecule has 1 aromatic heterocycles. The fourth-order valence-corrected chi connectivity index (χ4v) is 3.19. The summed E-state index contributed by atoms with van der Waals surface area (Å²) in [5.41, 5.74) is 2.08. The number of amides is 1. The number of furan rings is 1. The maximum absolute atomic E-state index is 12.3. The number of ether oxygens (including phenoxy) is 2. The van der Waals surface area contributed by atoms with Crippen molar-refractivity contribution in [3.8, 4) is 5.75 Å². The van der Waals surface area contributed by atoms with Gasteiger partial charge in [0.1, 0.15) is 16.9 Å². The molecular weight excluding hydrogens is 386 g/mol. The molecule has 1 atom stereocenters. The van der Waals surface area contributed by atoms with E-state index in [2.05, 4.69) is 5.32 Å². The summed E-state index contributed by atoms with van der Waals surface area (Å²) in [6.07, 6.45) is -1.46. The average molecular weight is 405 g/mol. The summed E-state index contributed by atoms with van der Waals surface area (Å²) in [5.74, 6) is -1.04. The first-order valence-electron chi connectivity index (χ1n) is 9.25. The highest BCUT2D eigenvalue weighted by Crippen LogP contribution is 2.36. The van der Waals surface area contributed by atoms with Crippen LogP contribution in [0.25, 0.3) is 21.9 Å². The van der Waals surface area contributed by atoms with Crippen LogP contribution in [-0.2, 0) is 14.3 Å². The van der Waals surface area contributed by atoms with Crippen molar-refractivity contribution in [2.24, 2.45) is 0 Å². The maximum atomic E-state index is 12.3. The standard InChI is InChI=1S/C23H19NO6/c1-28-20-11-16-15-9-5-6-10-18(15)30-19(16)12-17(20)24-21(25)13-29-23(27)22(26)14-7-3-2-4-8-14/h2-12,22,26H,13H2,1H3,(H,24,25)/t22-/m1/s1. The Bertz CT molecular complexity index is 1210. The number of anilines is 1. The van der Waals surface area contributed by atoms with E-state index >= 15 is 0 Å². The molecule has 0 saturated carbocycles. The van der Waals surface area contributed by atoms with Crippen molar-refractivity contribution in [1.29, 1.82) is 0 Å². The third-order valence-corrected chi connectivity index (χ3v) is 4.66. The summed E-state index contributed by atoms with van der Waals surface area (Å²) in [4.78, 5) is 24.3. The minimum atomic E-state index is -1.46. The molecule has 4 rings (SSSR count). The number of nitrogens with one attached hydrogen (secondary N) is 1. The molecule has 0 fully saturated rings. The number of carbonyl (C=O) groups excluding carboxylic acids is 2. The number of aliphatic hydroxyl groups excluding tert-OH is 1. The smallest absolute Gasteiger partial charge is 0.340 e. The summed E-state index contributed by atoms with van der Waals surface area (Å²) in [6.45, 7) is -0.552. The lowest BCUT2D eigenvalue weighted by molar-refractivity contribution is -0.156. The van der Waals surface area contributed by atoms with E-state index in [0.29, 0.717) is 22.6 Å². The minimum Gasteiger partial charge on any atom is -0.495 e. The number of methoxy groups -OCH3 is 1. The van der Waals surface area contributed by atoms with Gasteiger partial charge in [0.25, 0.3) is 5.91 Å². The van der Waals surface area contributed by atoms with Gasteiger partial charge in [-0.3, -0.25) is 4.79 Å². The lowest BCUT2D eigenvalue weighted by Crippen LogP contribution is -2.24. The van der Waals surface area contributed by atoms with Crippen LogP contribution in [0.1, 0.15) is 11.7 Å². The van der Waals surface area contributed by atoms with Crippen LogP contribution in [0.4, 0.5) is 5.69 Å². The minimum absolute atomic E-state index is 0.383. The van der Waals surface area contributed by atoms with E-state index in [0.717, 1.165) is 16.4 Å². The Morgan fingerprint density at radius 1 is 1.00 bits per heavy atom. The van der Waals surface area contributed by atoms with Gasteiger partial charge in [-0.15, -0.1) is 0 Å². The van der Waals surface area contributed by atoms with Gasteiger partial charge in [-0.1, -0.05) is 48.5 Å². The molecule has 2 N–H and O–H groups in total. The lowest BCUT2D eigenvalue weighted by Gasteiger charge is -2.12. The van der Waals surface area contributed by atoms with Gasteiger partial charge in [0.15, 0.2) is 12.7 Å². The molecule has 0 aliphatic rings. The van der Waals surface area contributed by atoms with Crippen molar-refractivity contribution < 1.29 is 28.6 Å². The maximum Gasteiger partial charge on any atom is 0.340 e. The van der Waals surface area contributed by atoms with Gasteiger partial charge in [-0.25, -0.2) is 4.79 Å². The van der Waals surface area contributed by atoms with Crippen molar-refractivity contribution in [2.75, 3.05) is 19.0 Å². The number of hydrogen-bond donors (Lipinski definition) is 2. The molecule has 30 heavy (non-hydrogen) atoms. The third-order valence-electron chi connectivity index (χ3n) is 4.66. The molecular formula is C23H19NO6. The molecule has 4 aromatic rings. The largest absolute Gasteiger partial charge is 0.495 e. The average Bonchev–Trinajstić information content (AvgIpc) is 3.14. The van der Waals surface area contributed by atoms with Gasteiger partial charge in [-0.2, -0.15) is 0 Å². The Morgan fingerprint density at radius 3 is 2.50 bits per heavy atom. The van der Waals surface area contributed by atoms with E-state index in [4.69, 9.17) is 13.9 Å². The second kappa shape index (κ2) is 8.26. The first-order chi connectivity index (χ1) is 14.6. The molecule has 7 heteroatoms. The van der Waals surface area contributed by atoms with E-state index in [-0.39, 0.29) is 0 Å². The SMILES string of the molecule is COc1cc2c(cc1NC(=O)COC(=O)[C@H](O)c1ccccc1)oc1ccccc12. The number of rotatable bonds is 6. The Balaban J connectivity index is 1.47. The lowest BCUT2D eigenvalue weighted by atomic mass is 10.1. The number of carbonyl (C=O) groups is 2. The van der Waals surface area contributed by atoms with E-state index < -0.39 is 24.6 Å². The third kappa shape index (κ3) is 3.83. The Kier molecular flexibility index (Phi) is 5.36. The van der Waals surface area contributed by atoms with Crippen LogP contribution in [0.5, 0.6) is 5.75 Å². The van der Waals surface area contributed by atoms with Gasteiger partial charge in [0.05, 0.1) is 12.8 Å². The molecule has 0 spiro atoms. The van der Waals surface area contributed by atoms with Crippen LogP contribution in [0.3, 0.4) is 0 Å². The highest BCUT2D eigenvalue weighted by molar-refractivity contribution is 6.07. The van der Waals surface area contributed by atoms with E-state index in [1.807, 2.05) is 24.3 Å². The van der Waals surface area contributed by atoms with Gasteiger partial charge in [0, 0.05) is 16.8 Å². The molecule has 1 heterocycles. The molecule has 1 amide bonds. The number of esters is 1. The zero-order valence-electron chi connectivity index (χ0n) is 16.1. The van der Waals surface area contributed by atoms with E-state index in [1.54, 1.807) is 42.5 Å². The molecule has 0 aliphatic carbocycles. The Labute approximate surface area is 171 Å². The first-order valence-corrected chi connectivity index (χ1v) is 9.25. The van der Waals surface area contributed by atoms with Crippen molar-refractivity contribution in [2.45, 2.75) is 6.10 Å². The molecule has 7 nitrogen and oxygen atoms in total. The molecule has 0 saturated heterocycles. The quantitative estimate of drug-likeness (QED) is 0.474. The van der Waals surface area contributed by atoms with Crippen molar-refractivity contribution in [1.82, 2.24) is 0 Å². The van der Waals surface area contributed by atoms with Crippen LogP contribution >= 0.6 is 0 Å². The number of fused-ring (bicyclic) bond motifs is 3. The number of aliphatic hydroxyl groups is 1. The predicted molar refractivity (Wildman–Crippen MR) is 111 cm³/mol. The summed E-state index contributed by atoms with van der Waals surface area (Å²) in [5, 5.41) is 14.5. The van der Waals surface area contributed by atoms with Crippen LogP contribution < -0.4 is 10.1 Å². The van der Waals surface area contributed by atoms with E-state index in [9.17, 15) is 14.7 Å². The van der Waals surface area contributed by atoms with Gasteiger partial charge in [-0.05, 0) is 17.7 Å². The van der Waals surface area contributed by atoms with Gasteiger partial charge < -0.3 is 24.3 Å². The second-order valence-corrected chi connectivity index (χ2v) is 6.62. The zero-order valence-corrected chi connectivity index (χ0v) is 16.1. The predicted octanol–water partition coefficient (Wildman–Crippen LogP) is 3.81. The van der Waals surface area contributed by atoms with Crippen LogP contribution in [0.2, 0.25) is 0 Å². The molecule has 0 bridgehead atoms. The fraction of sp³-hybridized carbons (Fsp3) is 0.130. The molecule has 3 aromatic carbocycles. The monoisotopic (exact) mass is 405 g/mol. The summed E-state index contributed by atoms with van der Waals surface area (Å²) >= 11 is 0. The Hall–Kier alpha value is -3.84. The summed E-state index contributed by atoms with van der Waals surface area (Å²) in [7, 11) is 1.50. The second-order valence-electron chi connectivity index (χ2n) is 6.62. The molecule has 0 radical (unpaired) electrons. The molecule has 0 unspecified atom stereocenters. The summed E-state index contributed by atoms with van der Waals surface area (Å²) < 4.78 is 16.2. The van der Waals surface area contributed by atoms with Crippen LogP contribution in [0, 0.1) is 0 Å². The van der Waals surface area contributed by atoms with Gasteiger partial charge in [0.2, 0.25) is 0 Å². The van der Waals surface area contributed by atoms with Gasteiger partial charge >= 0.3 is 5.97 Å². The number of para-hydroxylation sites is 1. The Morgan fingerprint density at radius 2 is 1.73 bits per heavy atom. The first kappa shape index (κ1) is 19.5. The highest BCUT2D eigenvalue weighted by Gasteiger charge is 2.20. The highest BCUT2D eigenvalue weighted by atomic mass is 16.5. The van der Waals surface area contributed by atoms with Crippen molar-refractivity contribution in [3.63, 3.8) is 0 Å². The number of benzene rings is 3. The number of hydrogen-bond acceptors (Lipinski definition) is 6. The summed E-state index contributed by atoms with van der Waals surface area (Å²) in [6, 6.07) is 19.4.